The largest absolute Gasteiger partial charge is 0.459 e. The SMILES string of the molecule is CC(=O)N1CCN(Cc2cc3cc(Cl)cc(Br)c3o2)CC1. The molecule has 6 heteroatoms. The van der Waals surface area contributed by atoms with E-state index in [1.165, 1.54) is 0 Å². The van der Waals surface area contributed by atoms with Gasteiger partial charge in [-0.1, -0.05) is 11.6 Å². The number of rotatable bonds is 2. The van der Waals surface area contributed by atoms with E-state index in [1.54, 1.807) is 6.92 Å². The molecule has 21 heavy (non-hydrogen) atoms. The summed E-state index contributed by atoms with van der Waals surface area (Å²) >= 11 is 9.53. The van der Waals surface area contributed by atoms with Gasteiger partial charge in [-0.25, -0.2) is 0 Å². The van der Waals surface area contributed by atoms with Gasteiger partial charge in [0.05, 0.1) is 11.0 Å². The zero-order valence-corrected chi connectivity index (χ0v) is 14.1. The van der Waals surface area contributed by atoms with Crippen LogP contribution < -0.4 is 0 Å². The maximum absolute atomic E-state index is 11.3. The van der Waals surface area contributed by atoms with Crippen molar-refractivity contribution in [1.82, 2.24) is 9.80 Å². The summed E-state index contributed by atoms with van der Waals surface area (Å²) in [4.78, 5) is 15.5. The summed E-state index contributed by atoms with van der Waals surface area (Å²) in [5.41, 5.74) is 0.830. The highest BCUT2D eigenvalue weighted by Crippen LogP contribution is 2.31. The van der Waals surface area contributed by atoms with Crippen LogP contribution in [0.4, 0.5) is 0 Å². The average molecular weight is 372 g/mol. The number of hydrogen-bond donors (Lipinski definition) is 0. The van der Waals surface area contributed by atoms with Crippen LogP contribution in [-0.2, 0) is 11.3 Å². The Bertz CT molecular complexity index is 678. The van der Waals surface area contributed by atoms with Crippen molar-refractivity contribution in [2.24, 2.45) is 0 Å². The van der Waals surface area contributed by atoms with Gasteiger partial charge in [-0.2, -0.15) is 0 Å². The van der Waals surface area contributed by atoms with Crippen molar-refractivity contribution in [1.29, 1.82) is 0 Å². The highest BCUT2D eigenvalue weighted by Gasteiger charge is 2.20. The minimum absolute atomic E-state index is 0.150. The molecule has 0 bridgehead atoms. The highest BCUT2D eigenvalue weighted by atomic mass is 79.9. The zero-order chi connectivity index (χ0) is 15.0. The summed E-state index contributed by atoms with van der Waals surface area (Å²) in [6.07, 6.45) is 0. The van der Waals surface area contributed by atoms with E-state index in [2.05, 4.69) is 20.8 Å². The fraction of sp³-hybridized carbons (Fsp3) is 0.400. The molecule has 1 aliphatic rings. The van der Waals surface area contributed by atoms with Crippen molar-refractivity contribution in [3.05, 3.63) is 33.5 Å². The van der Waals surface area contributed by atoms with E-state index in [0.717, 1.165) is 53.9 Å². The average Bonchev–Trinajstić information content (AvgIpc) is 2.82. The smallest absolute Gasteiger partial charge is 0.219 e. The van der Waals surface area contributed by atoms with Crippen LogP contribution in [0.1, 0.15) is 12.7 Å². The topological polar surface area (TPSA) is 36.7 Å². The highest BCUT2D eigenvalue weighted by molar-refractivity contribution is 9.10. The Hall–Kier alpha value is -1.04. The fourth-order valence-corrected chi connectivity index (χ4v) is 3.56. The maximum atomic E-state index is 11.3. The number of piperazine rings is 1. The number of carbonyl (C=O) groups is 1. The van der Waals surface area contributed by atoms with Gasteiger partial charge >= 0.3 is 0 Å². The van der Waals surface area contributed by atoms with Crippen LogP contribution in [0, 0.1) is 0 Å². The monoisotopic (exact) mass is 370 g/mol. The fourth-order valence-electron chi connectivity index (χ4n) is 2.65. The molecule has 0 spiro atoms. The van der Waals surface area contributed by atoms with Gasteiger partial charge in [-0.3, -0.25) is 9.69 Å². The lowest BCUT2D eigenvalue weighted by molar-refractivity contribution is -0.130. The van der Waals surface area contributed by atoms with Gasteiger partial charge in [-0.15, -0.1) is 0 Å². The first-order valence-corrected chi connectivity index (χ1v) is 8.05. The van der Waals surface area contributed by atoms with E-state index in [0.29, 0.717) is 5.02 Å². The van der Waals surface area contributed by atoms with Crippen LogP contribution in [0.5, 0.6) is 0 Å². The zero-order valence-electron chi connectivity index (χ0n) is 11.7. The Balaban J connectivity index is 1.71. The summed E-state index contributed by atoms with van der Waals surface area (Å²) < 4.78 is 6.78. The summed E-state index contributed by atoms with van der Waals surface area (Å²) in [5.74, 6) is 1.07. The van der Waals surface area contributed by atoms with E-state index in [-0.39, 0.29) is 5.91 Å². The molecule has 1 fully saturated rings. The van der Waals surface area contributed by atoms with Crippen molar-refractivity contribution in [2.75, 3.05) is 26.2 Å². The number of furan rings is 1. The van der Waals surface area contributed by atoms with Gasteiger partial charge in [0, 0.05) is 43.5 Å². The summed E-state index contributed by atoms with van der Waals surface area (Å²) in [6.45, 7) is 5.69. The van der Waals surface area contributed by atoms with Gasteiger partial charge in [0.15, 0.2) is 0 Å². The van der Waals surface area contributed by atoms with Crippen LogP contribution >= 0.6 is 27.5 Å². The standard InChI is InChI=1S/C15H16BrClN2O2/c1-10(20)19-4-2-18(3-5-19)9-13-7-11-6-12(17)8-14(16)15(11)21-13/h6-8H,2-5,9H2,1H3. The Kier molecular flexibility index (Phi) is 4.24. The molecule has 0 saturated carbocycles. The third kappa shape index (κ3) is 3.25. The molecule has 4 nitrogen and oxygen atoms in total. The molecule has 0 N–H and O–H groups in total. The predicted molar refractivity (Wildman–Crippen MR) is 86.5 cm³/mol. The van der Waals surface area contributed by atoms with Crippen LogP contribution in [0.25, 0.3) is 11.0 Å². The number of amides is 1. The minimum Gasteiger partial charge on any atom is -0.459 e. The molecule has 3 rings (SSSR count). The third-order valence-electron chi connectivity index (χ3n) is 3.78. The van der Waals surface area contributed by atoms with Crippen molar-refractivity contribution >= 4 is 44.4 Å². The van der Waals surface area contributed by atoms with E-state index in [1.807, 2.05) is 23.1 Å². The van der Waals surface area contributed by atoms with Gasteiger partial charge in [0.1, 0.15) is 11.3 Å². The second kappa shape index (κ2) is 5.99. The maximum Gasteiger partial charge on any atom is 0.219 e. The van der Waals surface area contributed by atoms with Crippen LogP contribution in [-0.4, -0.2) is 41.9 Å². The first-order chi connectivity index (χ1) is 10.0. The number of carbonyl (C=O) groups excluding carboxylic acids is 1. The normalized spacial score (nSPS) is 16.6. The van der Waals surface area contributed by atoms with E-state index < -0.39 is 0 Å². The Morgan fingerprint density at radius 3 is 2.67 bits per heavy atom. The molecule has 1 aromatic carbocycles. The lowest BCUT2D eigenvalue weighted by atomic mass is 10.2. The molecule has 1 amide bonds. The molecule has 2 aromatic rings. The van der Waals surface area contributed by atoms with Gasteiger partial charge in [-0.05, 0) is 34.1 Å². The second-order valence-corrected chi connectivity index (χ2v) is 6.59. The Morgan fingerprint density at radius 1 is 1.29 bits per heavy atom. The quantitative estimate of drug-likeness (QED) is 0.810. The minimum atomic E-state index is 0.150. The summed E-state index contributed by atoms with van der Waals surface area (Å²) in [7, 11) is 0. The lowest BCUT2D eigenvalue weighted by Crippen LogP contribution is -2.47. The first-order valence-electron chi connectivity index (χ1n) is 6.88. The summed E-state index contributed by atoms with van der Waals surface area (Å²) in [5, 5.41) is 1.70. The van der Waals surface area contributed by atoms with Gasteiger partial charge < -0.3 is 9.32 Å². The lowest BCUT2D eigenvalue weighted by Gasteiger charge is -2.33. The number of benzene rings is 1. The molecule has 1 saturated heterocycles. The molecule has 0 aliphatic carbocycles. The Labute approximate surface area is 136 Å². The van der Waals surface area contributed by atoms with Crippen molar-refractivity contribution < 1.29 is 9.21 Å². The number of hydrogen-bond acceptors (Lipinski definition) is 3. The van der Waals surface area contributed by atoms with E-state index >= 15 is 0 Å². The molecule has 2 heterocycles. The number of fused-ring (bicyclic) bond motifs is 1. The molecule has 0 atom stereocenters. The van der Waals surface area contributed by atoms with Gasteiger partial charge in [0.25, 0.3) is 0 Å². The Morgan fingerprint density at radius 2 is 2.00 bits per heavy atom. The molecule has 0 unspecified atom stereocenters. The molecular formula is C15H16BrClN2O2. The van der Waals surface area contributed by atoms with E-state index in [4.69, 9.17) is 16.0 Å². The van der Waals surface area contributed by atoms with Crippen molar-refractivity contribution in [2.45, 2.75) is 13.5 Å². The van der Waals surface area contributed by atoms with E-state index in [9.17, 15) is 4.79 Å². The molecule has 1 aromatic heterocycles. The molecule has 112 valence electrons. The molecule has 0 radical (unpaired) electrons. The van der Waals surface area contributed by atoms with Crippen LogP contribution in [0.3, 0.4) is 0 Å². The van der Waals surface area contributed by atoms with Crippen molar-refractivity contribution in [3.63, 3.8) is 0 Å². The molecule has 1 aliphatic heterocycles. The van der Waals surface area contributed by atoms with Crippen LogP contribution in [0.2, 0.25) is 5.02 Å². The second-order valence-electron chi connectivity index (χ2n) is 5.30. The number of halogens is 2. The molecular weight excluding hydrogens is 356 g/mol. The third-order valence-corrected chi connectivity index (χ3v) is 4.59. The van der Waals surface area contributed by atoms with Crippen molar-refractivity contribution in [3.8, 4) is 0 Å². The van der Waals surface area contributed by atoms with Crippen LogP contribution in [0.15, 0.2) is 27.1 Å². The first kappa shape index (κ1) is 14.9. The predicted octanol–water partition coefficient (Wildman–Crippen LogP) is 3.51. The number of nitrogens with zero attached hydrogens (tertiary/aromatic N) is 2. The van der Waals surface area contributed by atoms with Gasteiger partial charge in [0.2, 0.25) is 5.91 Å². The summed E-state index contributed by atoms with van der Waals surface area (Å²) in [6, 6.07) is 5.77.